The Bertz CT molecular complexity index is 345. The Labute approximate surface area is 104 Å². The molecule has 1 aromatic carbocycles. The van der Waals surface area contributed by atoms with Crippen LogP contribution in [0.15, 0.2) is 24.3 Å². The Morgan fingerprint density at radius 2 is 1.47 bits per heavy atom. The van der Waals surface area contributed by atoms with Crippen LogP contribution in [-0.4, -0.2) is 10.2 Å². The van der Waals surface area contributed by atoms with E-state index in [1.807, 2.05) is 38.1 Å². The molecular formula is C15H24O2. The summed E-state index contributed by atoms with van der Waals surface area (Å²) in [5, 5.41) is 20.3. The lowest BCUT2D eigenvalue weighted by Crippen LogP contribution is -2.12. The minimum atomic E-state index is -0.506. The van der Waals surface area contributed by atoms with Gasteiger partial charge in [0.1, 0.15) is 0 Å². The quantitative estimate of drug-likeness (QED) is 0.822. The lowest BCUT2D eigenvalue weighted by Gasteiger charge is -2.22. The van der Waals surface area contributed by atoms with E-state index >= 15 is 0 Å². The molecule has 1 rings (SSSR count). The lowest BCUT2D eigenvalue weighted by molar-refractivity contribution is 0.113. The first kappa shape index (κ1) is 14.2. The normalized spacial score (nSPS) is 15.3. The van der Waals surface area contributed by atoms with Crippen molar-refractivity contribution < 1.29 is 10.2 Å². The van der Waals surface area contributed by atoms with Gasteiger partial charge in [0, 0.05) is 0 Å². The monoisotopic (exact) mass is 236 g/mol. The standard InChI is InChI=1S/C15H24O2/c1-10(2)9-14(16)12-7-5-6-8-13(12)15(17)11(3)4/h5-8,10-11,14-17H,9H2,1-4H3/t14-,15-/m0/s1. The maximum absolute atomic E-state index is 10.2. The van der Waals surface area contributed by atoms with E-state index in [1.165, 1.54) is 0 Å². The van der Waals surface area contributed by atoms with Gasteiger partial charge in [-0.3, -0.25) is 0 Å². The molecule has 0 aliphatic heterocycles. The van der Waals surface area contributed by atoms with Gasteiger partial charge in [0.2, 0.25) is 0 Å². The van der Waals surface area contributed by atoms with E-state index in [0.717, 1.165) is 17.5 Å². The molecule has 2 atom stereocenters. The third-order valence-electron chi connectivity index (χ3n) is 3.00. The number of aliphatic hydroxyl groups is 2. The summed E-state index contributed by atoms with van der Waals surface area (Å²) in [5.41, 5.74) is 1.72. The average Bonchev–Trinajstić information content (AvgIpc) is 2.27. The van der Waals surface area contributed by atoms with Crippen molar-refractivity contribution in [2.24, 2.45) is 11.8 Å². The zero-order valence-electron chi connectivity index (χ0n) is 11.2. The maximum atomic E-state index is 10.2. The van der Waals surface area contributed by atoms with Crippen LogP contribution in [-0.2, 0) is 0 Å². The molecule has 2 nitrogen and oxygen atoms in total. The summed E-state index contributed by atoms with van der Waals surface area (Å²) in [6.07, 6.45) is -0.269. The van der Waals surface area contributed by atoms with Crippen molar-refractivity contribution >= 4 is 0 Å². The second-order valence-electron chi connectivity index (χ2n) is 5.46. The highest BCUT2D eigenvalue weighted by Gasteiger charge is 2.20. The van der Waals surface area contributed by atoms with Gasteiger partial charge in [-0.15, -0.1) is 0 Å². The second-order valence-corrected chi connectivity index (χ2v) is 5.46. The summed E-state index contributed by atoms with van der Waals surface area (Å²) in [6, 6.07) is 7.64. The number of rotatable bonds is 5. The Morgan fingerprint density at radius 1 is 0.941 bits per heavy atom. The minimum absolute atomic E-state index is 0.155. The van der Waals surface area contributed by atoms with Gasteiger partial charge in [0.05, 0.1) is 12.2 Å². The molecular weight excluding hydrogens is 212 g/mol. The Hall–Kier alpha value is -0.860. The van der Waals surface area contributed by atoms with Gasteiger partial charge in [-0.25, -0.2) is 0 Å². The topological polar surface area (TPSA) is 40.5 Å². The molecule has 0 amide bonds. The van der Waals surface area contributed by atoms with Gasteiger partial charge in [-0.05, 0) is 29.4 Å². The first-order valence-electron chi connectivity index (χ1n) is 6.38. The van der Waals surface area contributed by atoms with Crippen LogP contribution in [0.1, 0.15) is 57.5 Å². The number of aliphatic hydroxyl groups excluding tert-OH is 2. The Morgan fingerprint density at radius 3 is 1.94 bits per heavy atom. The van der Waals surface area contributed by atoms with E-state index in [4.69, 9.17) is 0 Å². The van der Waals surface area contributed by atoms with Crippen LogP contribution < -0.4 is 0 Å². The average molecular weight is 236 g/mol. The number of hydrogen-bond acceptors (Lipinski definition) is 2. The fourth-order valence-electron chi connectivity index (χ4n) is 2.02. The smallest absolute Gasteiger partial charge is 0.0816 e. The summed E-state index contributed by atoms with van der Waals surface area (Å²) >= 11 is 0. The highest BCUT2D eigenvalue weighted by Crippen LogP contribution is 2.31. The molecule has 0 fully saturated rings. The molecule has 0 unspecified atom stereocenters. The van der Waals surface area contributed by atoms with Gasteiger partial charge in [0.15, 0.2) is 0 Å². The van der Waals surface area contributed by atoms with Crippen LogP contribution in [0.5, 0.6) is 0 Å². The number of benzene rings is 1. The van der Waals surface area contributed by atoms with Crippen LogP contribution in [0.4, 0.5) is 0 Å². The zero-order chi connectivity index (χ0) is 13.0. The van der Waals surface area contributed by atoms with E-state index in [0.29, 0.717) is 5.92 Å². The Kier molecular flexibility index (Phi) is 5.16. The highest BCUT2D eigenvalue weighted by molar-refractivity contribution is 5.31. The van der Waals surface area contributed by atoms with Crippen LogP contribution in [0.2, 0.25) is 0 Å². The molecule has 2 N–H and O–H groups in total. The van der Waals surface area contributed by atoms with Crippen LogP contribution >= 0.6 is 0 Å². The fourth-order valence-corrected chi connectivity index (χ4v) is 2.02. The van der Waals surface area contributed by atoms with Gasteiger partial charge < -0.3 is 10.2 Å². The van der Waals surface area contributed by atoms with Gasteiger partial charge >= 0.3 is 0 Å². The van der Waals surface area contributed by atoms with Crippen molar-refractivity contribution in [2.45, 2.75) is 46.3 Å². The first-order chi connectivity index (χ1) is 7.93. The zero-order valence-corrected chi connectivity index (χ0v) is 11.2. The molecule has 1 aromatic rings. The van der Waals surface area contributed by atoms with E-state index < -0.39 is 12.2 Å². The highest BCUT2D eigenvalue weighted by atomic mass is 16.3. The molecule has 0 radical (unpaired) electrons. The molecule has 0 aliphatic rings. The summed E-state index contributed by atoms with van der Waals surface area (Å²) in [5.74, 6) is 0.594. The summed E-state index contributed by atoms with van der Waals surface area (Å²) in [6.45, 7) is 8.14. The van der Waals surface area contributed by atoms with Crippen LogP contribution in [0, 0.1) is 11.8 Å². The van der Waals surface area contributed by atoms with Crippen molar-refractivity contribution in [3.8, 4) is 0 Å². The first-order valence-corrected chi connectivity index (χ1v) is 6.38. The molecule has 0 heterocycles. The fraction of sp³-hybridized carbons (Fsp3) is 0.600. The maximum Gasteiger partial charge on any atom is 0.0816 e. The van der Waals surface area contributed by atoms with E-state index in [2.05, 4.69) is 13.8 Å². The molecule has 96 valence electrons. The van der Waals surface area contributed by atoms with Gasteiger partial charge in [-0.1, -0.05) is 52.0 Å². The van der Waals surface area contributed by atoms with E-state index in [1.54, 1.807) is 0 Å². The molecule has 2 heteroatoms. The molecule has 0 bridgehead atoms. The van der Waals surface area contributed by atoms with Crippen LogP contribution in [0.25, 0.3) is 0 Å². The van der Waals surface area contributed by atoms with Crippen molar-refractivity contribution in [1.82, 2.24) is 0 Å². The predicted octanol–water partition coefficient (Wildman–Crippen LogP) is 3.46. The summed E-state index contributed by atoms with van der Waals surface area (Å²) in [4.78, 5) is 0. The molecule has 0 spiro atoms. The van der Waals surface area contributed by atoms with Gasteiger partial charge in [-0.2, -0.15) is 0 Å². The van der Waals surface area contributed by atoms with Gasteiger partial charge in [0.25, 0.3) is 0 Å². The second kappa shape index (κ2) is 6.18. The molecule has 0 saturated heterocycles. The van der Waals surface area contributed by atoms with Crippen molar-refractivity contribution in [3.05, 3.63) is 35.4 Å². The molecule has 0 aromatic heterocycles. The molecule has 0 saturated carbocycles. The number of hydrogen-bond donors (Lipinski definition) is 2. The van der Waals surface area contributed by atoms with E-state index in [9.17, 15) is 10.2 Å². The predicted molar refractivity (Wildman–Crippen MR) is 70.7 cm³/mol. The largest absolute Gasteiger partial charge is 0.388 e. The van der Waals surface area contributed by atoms with Crippen LogP contribution in [0.3, 0.4) is 0 Å². The van der Waals surface area contributed by atoms with Crippen molar-refractivity contribution in [2.75, 3.05) is 0 Å². The minimum Gasteiger partial charge on any atom is -0.388 e. The lowest BCUT2D eigenvalue weighted by atomic mass is 9.90. The van der Waals surface area contributed by atoms with E-state index in [-0.39, 0.29) is 5.92 Å². The SMILES string of the molecule is CC(C)C[C@H](O)c1ccccc1[C@@H](O)C(C)C. The third kappa shape index (κ3) is 3.83. The summed E-state index contributed by atoms with van der Waals surface area (Å²) in [7, 11) is 0. The third-order valence-corrected chi connectivity index (χ3v) is 3.00. The summed E-state index contributed by atoms with van der Waals surface area (Å²) < 4.78 is 0. The van der Waals surface area contributed by atoms with Crippen molar-refractivity contribution in [1.29, 1.82) is 0 Å². The Balaban J connectivity index is 2.99. The van der Waals surface area contributed by atoms with Crippen molar-refractivity contribution in [3.63, 3.8) is 0 Å². The molecule has 17 heavy (non-hydrogen) atoms. The molecule has 0 aliphatic carbocycles.